The van der Waals surface area contributed by atoms with E-state index in [0.717, 1.165) is 31.1 Å². The molecule has 0 saturated carbocycles. The third kappa shape index (κ3) is 3.55. The number of nitrogens with zero attached hydrogens (tertiary/aromatic N) is 3. The third-order valence-electron chi connectivity index (χ3n) is 3.21. The van der Waals surface area contributed by atoms with Crippen molar-refractivity contribution in [3.8, 4) is 0 Å². The monoisotopic (exact) mass is 290 g/mol. The maximum absolute atomic E-state index is 5.83. The van der Waals surface area contributed by atoms with E-state index < -0.39 is 0 Å². The van der Waals surface area contributed by atoms with Crippen LogP contribution in [0.1, 0.15) is 36.4 Å². The van der Waals surface area contributed by atoms with Crippen LogP contribution in [-0.2, 0) is 19.5 Å². The standard InChI is InChI=1S/C15H22N4S/c1-3-5-13-14(10-16)20-15(18-13)19(4-2)11-12-6-8-17-9-7-12/h6-9H,3-5,10-11,16H2,1-2H3. The van der Waals surface area contributed by atoms with Crippen molar-refractivity contribution in [1.82, 2.24) is 9.97 Å². The van der Waals surface area contributed by atoms with Crippen LogP contribution in [0.25, 0.3) is 0 Å². The highest BCUT2D eigenvalue weighted by Crippen LogP contribution is 2.28. The number of hydrogen-bond acceptors (Lipinski definition) is 5. The van der Waals surface area contributed by atoms with Gasteiger partial charge in [-0.3, -0.25) is 4.98 Å². The second-order valence-electron chi connectivity index (χ2n) is 4.69. The summed E-state index contributed by atoms with van der Waals surface area (Å²) >= 11 is 1.73. The van der Waals surface area contributed by atoms with Gasteiger partial charge in [-0.1, -0.05) is 13.3 Å². The SMILES string of the molecule is CCCc1nc(N(CC)Cc2ccncc2)sc1CN. The van der Waals surface area contributed by atoms with E-state index in [0.29, 0.717) is 6.54 Å². The highest BCUT2D eigenvalue weighted by molar-refractivity contribution is 7.15. The molecule has 0 spiro atoms. The minimum absolute atomic E-state index is 0.583. The van der Waals surface area contributed by atoms with Gasteiger partial charge < -0.3 is 10.6 Å². The number of hydrogen-bond donors (Lipinski definition) is 1. The number of pyridine rings is 1. The van der Waals surface area contributed by atoms with Crippen LogP contribution < -0.4 is 10.6 Å². The van der Waals surface area contributed by atoms with Crippen molar-refractivity contribution in [2.45, 2.75) is 39.8 Å². The smallest absolute Gasteiger partial charge is 0.186 e. The predicted molar refractivity (Wildman–Crippen MR) is 85.0 cm³/mol. The Bertz CT molecular complexity index is 524. The molecule has 2 aromatic heterocycles. The van der Waals surface area contributed by atoms with Crippen molar-refractivity contribution in [3.63, 3.8) is 0 Å². The summed E-state index contributed by atoms with van der Waals surface area (Å²) in [5.74, 6) is 0. The van der Waals surface area contributed by atoms with E-state index in [4.69, 9.17) is 10.7 Å². The Morgan fingerprint density at radius 3 is 2.60 bits per heavy atom. The lowest BCUT2D eigenvalue weighted by Crippen LogP contribution is -2.21. The molecule has 0 unspecified atom stereocenters. The Morgan fingerprint density at radius 2 is 2.00 bits per heavy atom. The highest BCUT2D eigenvalue weighted by Gasteiger charge is 2.14. The number of thiazole rings is 1. The van der Waals surface area contributed by atoms with Crippen LogP contribution in [0.2, 0.25) is 0 Å². The zero-order valence-corrected chi connectivity index (χ0v) is 13.0. The van der Waals surface area contributed by atoms with Gasteiger partial charge in [0.25, 0.3) is 0 Å². The number of aryl methyl sites for hydroxylation is 1. The number of rotatable bonds is 7. The van der Waals surface area contributed by atoms with Crippen molar-refractivity contribution in [2.24, 2.45) is 5.73 Å². The molecule has 0 saturated heterocycles. The zero-order chi connectivity index (χ0) is 14.4. The van der Waals surface area contributed by atoms with Crippen LogP contribution in [-0.4, -0.2) is 16.5 Å². The van der Waals surface area contributed by atoms with Crippen molar-refractivity contribution in [3.05, 3.63) is 40.7 Å². The van der Waals surface area contributed by atoms with Gasteiger partial charge in [0.05, 0.1) is 5.69 Å². The third-order valence-corrected chi connectivity index (χ3v) is 4.39. The number of anilines is 1. The average molecular weight is 290 g/mol. The van der Waals surface area contributed by atoms with Gasteiger partial charge in [0.15, 0.2) is 5.13 Å². The largest absolute Gasteiger partial charge is 0.344 e. The predicted octanol–water partition coefficient (Wildman–Crippen LogP) is 2.98. The molecule has 4 nitrogen and oxygen atoms in total. The molecule has 0 radical (unpaired) electrons. The second kappa shape index (κ2) is 7.36. The van der Waals surface area contributed by atoms with Crippen LogP contribution in [0, 0.1) is 0 Å². The molecule has 108 valence electrons. The summed E-state index contributed by atoms with van der Waals surface area (Å²) in [5, 5.41) is 1.08. The summed E-state index contributed by atoms with van der Waals surface area (Å²) in [6.07, 6.45) is 5.78. The molecule has 2 N–H and O–H groups in total. The van der Waals surface area contributed by atoms with E-state index in [1.54, 1.807) is 11.3 Å². The summed E-state index contributed by atoms with van der Waals surface area (Å²) in [6.45, 7) is 6.71. The molecule has 0 aliphatic carbocycles. The summed E-state index contributed by atoms with van der Waals surface area (Å²) < 4.78 is 0. The van der Waals surface area contributed by atoms with Crippen molar-refractivity contribution in [2.75, 3.05) is 11.4 Å². The summed E-state index contributed by atoms with van der Waals surface area (Å²) in [5.41, 5.74) is 8.25. The molecule has 0 atom stereocenters. The van der Waals surface area contributed by atoms with Crippen LogP contribution in [0.5, 0.6) is 0 Å². The van der Waals surface area contributed by atoms with Crippen LogP contribution >= 0.6 is 11.3 Å². The topological polar surface area (TPSA) is 55.0 Å². The van der Waals surface area contributed by atoms with Crippen molar-refractivity contribution in [1.29, 1.82) is 0 Å². The normalized spacial score (nSPS) is 10.8. The number of nitrogens with two attached hydrogens (primary N) is 1. The van der Waals surface area contributed by atoms with E-state index in [1.807, 2.05) is 24.5 Å². The van der Waals surface area contributed by atoms with Crippen LogP contribution in [0.15, 0.2) is 24.5 Å². The highest BCUT2D eigenvalue weighted by atomic mass is 32.1. The van der Waals surface area contributed by atoms with E-state index >= 15 is 0 Å². The first-order valence-electron chi connectivity index (χ1n) is 7.11. The minimum Gasteiger partial charge on any atom is -0.344 e. The first-order chi connectivity index (χ1) is 9.78. The fourth-order valence-corrected chi connectivity index (χ4v) is 3.17. The second-order valence-corrected chi connectivity index (χ2v) is 5.75. The minimum atomic E-state index is 0.583. The van der Waals surface area contributed by atoms with Gasteiger partial charge in [0, 0.05) is 36.9 Å². The molecular weight excluding hydrogens is 268 g/mol. The fraction of sp³-hybridized carbons (Fsp3) is 0.467. The molecule has 2 heterocycles. The molecule has 20 heavy (non-hydrogen) atoms. The van der Waals surface area contributed by atoms with Crippen LogP contribution in [0.3, 0.4) is 0 Å². The van der Waals surface area contributed by atoms with Gasteiger partial charge >= 0.3 is 0 Å². The van der Waals surface area contributed by atoms with Gasteiger partial charge in [-0.25, -0.2) is 4.98 Å². The number of aromatic nitrogens is 2. The molecule has 2 aromatic rings. The molecule has 2 rings (SSSR count). The molecule has 0 aliphatic rings. The summed E-state index contributed by atoms with van der Waals surface area (Å²) in [6, 6.07) is 4.10. The van der Waals surface area contributed by atoms with Gasteiger partial charge in [0.2, 0.25) is 0 Å². The van der Waals surface area contributed by atoms with Gasteiger partial charge in [-0.2, -0.15) is 0 Å². The summed E-state index contributed by atoms with van der Waals surface area (Å²) in [4.78, 5) is 12.4. The molecular formula is C15H22N4S. The molecule has 0 fully saturated rings. The van der Waals surface area contributed by atoms with Crippen molar-refractivity contribution >= 4 is 16.5 Å². The maximum Gasteiger partial charge on any atom is 0.186 e. The first kappa shape index (κ1) is 14.9. The van der Waals surface area contributed by atoms with Gasteiger partial charge in [-0.05, 0) is 31.0 Å². The Hall–Kier alpha value is -1.46. The lowest BCUT2D eigenvalue weighted by Gasteiger charge is -2.19. The Morgan fingerprint density at radius 1 is 1.25 bits per heavy atom. The van der Waals surface area contributed by atoms with E-state index in [9.17, 15) is 0 Å². The summed E-state index contributed by atoms with van der Waals surface area (Å²) in [7, 11) is 0. The van der Waals surface area contributed by atoms with E-state index in [1.165, 1.54) is 16.1 Å². The van der Waals surface area contributed by atoms with Gasteiger partial charge in [0.1, 0.15) is 0 Å². The quantitative estimate of drug-likeness (QED) is 0.851. The van der Waals surface area contributed by atoms with Gasteiger partial charge in [-0.15, -0.1) is 11.3 Å². The fourth-order valence-electron chi connectivity index (χ4n) is 2.12. The van der Waals surface area contributed by atoms with Crippen LogP contribution in [0.4, 0.5) is 5.13 Å². The lowest BCUT2D eigenvalue weighted by atomic mass is 10.2. The average Bonchev–Trinajstić information content (AvgIpc) is 2.89. The van der Waals surface area contributed by atoms with Crippen molar-refractivity contribution < 1.29 is 0 Å². The first-order valence-corrected chi connectivity index (χ1v) is 7.92. The molecule has 0 amide bonds. The Labute approximate surface area is 124 Å². The van der Waals surface area contributed by atoms with E-state index in [2.05, 4.69) is 23.7 Å². The lowest BCUT2D eigenvalue weighted by molar-refractivity contribution is 0.811. The Kier molecular flexibility index (Phi) is 5.49. The maximum atomic E-state index is 5.83. The van der Waals surface area contributed by atoms with E-state index in [-0.39, 0.29) is 0 Å². The molecule has 0 aromatic carbocycles. The molecule has 5 heteroatoms. The Balaban J connectivity index is 2.18. The molecule has 0 bridgehead atoms. The molecule has 0 aliphatic heterocycles. The zero-order valence-electron chi connectivity index (χ0n) is 12.2.